The van der Waals surface area contributed by atoms with Crippen molar-refractivity contribution in [2.24, 2.45) is 4.99 Å². The summed E-state index contributed by atoms with van der Waals surface area (Å²) < 4.78 is 5.14. The smallest absolute Gasteiger partial charge is 0.242 e. The number of nitrogens with zero attached hydrogens (tertiary/aromatic N) is 2. The number of likely N-dealkylation sites (tertiary alicyclic amines) is 1. The molecule has 3 N–H and O–H groups in total. The molecule has 1 fully saturated rings. The summed E-state index contributed by atoms with van der Waals surface area (Å²) in [7, 11) is 1.64. The Morgan fingerprint density at radius 3 is 2.46 bits per heavy atom. The molecule has 0 saturated carbocycles. The zero-order valence-corrected chi connectivity index (χ0v) is 17.6. The van der Waals surface area contributed by atoms with Crippen LogP contribution in [0, 0.1) is 0 Å². The van der Waals surface area contributed by atoms with E-state index < -0.39 is 0 Å². The quantitative estimate of drug-likeness (QED) is 0.466. The van der Waals surface area contributed by atoms with Crippen LogP contribution in [0.25, 0.3) is 0 Å². The molecule has 0 aromatic heterocycles. The average Bonchev–Trinajstić information content (AvgIpc) is 2.71. The van der Waals surface area contributed by atoms with Gasteiger partial charge in [-0.05, 0) is 51.3 Å². The lowest BCUT2D eigenvalue weighted by Gasteiger charge is -2.35. The standard InChI is InChI=1S/C21H35N5O2/c1-5-22-21(25-18-10-12-26(13-11-18)16(2)3)24-15-20(27)23-14-17-6-8-19(28-4)9-7-17/h6-9,16,18H,5,10-15H2,1-4H3,(H,23,27)(H2,22,24,25). The Balaban J connectivity index is 1.78. The molecule has 0 atom stereocenters. The normalized spacial score (nSPS) is 16.1. The SMILES string of the molecule is CCNC(=NCC(=O)NCc1ccc(OC)cc1)NC1CCN(C(C)C)CC1. The van der Waals surface area contributed by atoms with Crippen molar-refractivity contribution >= 4 is 11.9 Å². The summed E-state index contributed by atoms with van der Waals surface area (Å²) in [6.07, 6.45) is 2.18. The van der Waals surface area contributed by atoms with Gasteiger partial charge in [0.25, 0.3) is 0 Å². The summed E-state index contributed by atoms with van der Waals surface area (Å²) in [5.41, 5.74) is 1.03. The lowest BCUT2D eigenvalue weighted by molar-refractivity contribution is -0.119. The summed E-state index contributed by atoms with van der Waals surface area (Å²) in [4.78, 5) is 19.1. The third-order valence-electron chi connectivity index (χ3n) is 4.97. The number of guanidine groups is 1. The molecule has 1 aliphatic heterocycles. The minimum absolute atomic E-state index is 0.0948. The molecule has 7 heteroatoms. The molecule has 28 heavy (non-hydrogen) atoms. The number of aliphatic imine (C=N–C) groups is 1. The molecule has 1 saturated heterocycles. The molecule has 156 valence electrons. The number of piperidine rings is 1. The first-order valence-corrected chi connectivity index (χ1v) is 10.2. The van der Waals surface area contributed by atoms with Gasteiger partial charge in [-0.25, -0.2) is 4.99 Å². The van der Waals surface area contributed by atoms with E-state index in [1.54, 1.807) is 7.11 Å². The van der Waals surface area contributed by atoms with Gasteiger partial charge in [0.2, 0.25) is 5.91 Å². The van der Waals surface area contributed by atoms with Crippen LogP contribution in [0.2, 0.25) is 0 Å². The van der Waals surface area contributed by atoms with Crippen LogP contribution >= 0.6 is 0 Å². The minimum Gasteiger partial charge on any atom is -0.497 e. The van der Waals surface area contributed by atoms with E-state index in [9.17, 15) is 4.79 Å². The lowest BCUT2D eigenvalue weighted by Crippen LogP contribution is -2.50. The van der Waals surface area contributed by atoms with Gasteiger partial charge >= 0.3 is 0 Å². The van der Waals surface area contributed by atoms with Gasteiger partial charge in [-0.1, -0.05) is 12.1 Å². The maximum atomic E-state index is 12.2. The molecule has 0 unspecified atom stereocenters. The second-order valence-electron chi connectivity index (χ2n) is 7.37. The third-order valence-corrected chi connectivity index (χ3v) is 4.97. The van der Waals surface area contributed by atoms with Crippen molar-refractivity contribution in [2.45, 2.75) is 52.2 Å². The molecule has 1 amide bonds. The number of carbonyl (C=O) groups is 1. The fraction of sp³-hybridized carbons (Fsp3) is 0.619. The predicted molar refractivity (Wildman–Crippen MR) is 114 cm³/mol. The summed E-state index contributed by atoms with van der Waals surface area (Å²) in [5.74, 6) is 1.42. The molecule has 0 radical (unpaired) electrons. The molecule has 2 rings (SSSR count). The van der Waals surface area contributed by atoms with E-state index in [1.807, 2.05) is 31.2 Å². The molecular weight excluding hydrogens is 354 g/mol. The lowest BCUT2D eigenvalue weighted by atomic mass is 10.0. The number of benzene rings is 1. The van der Waals surface area contributed by atoms with E-state index in [2.05, 4.69) is 39.7 Å². The molecular formula is C21H35N5O2. The van der Waals surface area contributed by atoms with Gasteiger partial charge in [0, 0.05) is 38.3 Å². The molecule has 1 aromatic carbocycles. The summed E-state index contributed by atoms with van der Waals surface area (Å²) in [6, 6.07) is 8.65. The number of amides is 1. The van der Waals surface area contributed by atoms with Crippen molar-refractivity contribution in [1.82, 2.24) is 20.9 Å². The third kappa shape index (κ3) is 7.38. The first kappa shape index (κ1) is 22.0. The first-order chi connectivity index (χ1) is 13.5. The van der Waals surface area contributed by atoms with E-state index in [0.717, 1.165) is 43.8 Å². The maximum absolute atomic E-state index is 12.2. The van der Waals surface area contributed by atoms with E-state index >= 15 is 0 Å². The van der Waals surface area contributed by atoms with Crippen LogP contribution in [0.3, 0.4) is 0 Å². The Kier molecular flexibility index (Phi) is 9.07. The number of hydrogen-bond donors (Lipinski definition) is 3. The van der Waals surface area contributed by atoms with Crippen LogP contribution in [0.5, 0.6) is 5.75 Å². The van der Waals surface area contributed by atoms with Crippen molar-refractivity contribution < 1.29 is 9.53 Å². The number of rotatable bonds is 8. The number of carbonyl (C=O) groups excluding carboxylic acids is 1. The van der Waals surface area contributed by atoms with Gasteiger partial charge in [-0.15, -0.1) is 0 Å². The zero-order valence-electron chi connectivity index (χ0n) is 17.6. The topological polar surface area (TPSA) is 78.0 Å². The fourth-order valence-electron chi connectivity index (χ4n) is 3.22. The van der Waals surface area contributed by atoms with Crippen LogP contribution in [0.1, 0.15) is 39.2 Å². The Hall–Kier alpha value is -2.28. The van der Waals surface area contributed by atoms with E-state index in [-0.39, 0.29) is 12.5 Å². The predicted octanol–water partition coefficient (Wildman–Crippen LogP) is 1.74. The average molecular weight is 390 g/mol. The van der Waals surface area contributed by atoms with E-state index in [4.69, 9.17) is 4.74 Å². The highest BCUT2D eigenvalue weighted by atomic mass is 16.5. The Labute approximate surface area is 168 Å². The molecule has 0 aliphatic carbocycles. The van der Waals surface area contributed by atoms with Crippen molar-refractivity contribution in [2.75, 3.05) is 33.3 Å². The van der Waals surface area contributed by atoms with Crippen molar-refractivity contribution in [3.05, 3.63) is 29.8 Å². The highest BCUT2D eigenvalue weighted by Gasteiger charge is 2.21. The maximum Gasteiger partial charge on any atom is 0.242 e. The van der Waals surface area contributed by atoms with E-state index in [1.165, 1.54) is 0 Å². The molecule has 1 heterocycles. The summed E-state index contributed by atoms with van der Waals surface area (Å²) in [6.45, 7) is 10.1. The number of nitrogens with one attached hydrogen (secondary N) is 3. The highest BCUT2D eigenvalue weighted by Crippen LogP contribution is 2.13. The molecule has 0 spiro atoms. The van der Waals surface area contributed by atoms with Crippen molar-refractivity contribution in [1.29, 1.82) is 0 Å². The zero-order chi connectivity index (χ0) is 20.4. The molecule has 1 aliphatic rings. The number of methoxy groups -OCH3 is 1. The van der Waals surface area contributed by atoms with Crippen molar-refractivity contribution in [3.63, 3.8) is 0 Å². The highest BCUT2D eigenvalue weighted by molar-refractivity contribution is 5.85. The second-order valence-corrected chi connectivity index (χ2v) is 7.37. The van der Waals surface area contributed by atoms with Gasteiger partial charge in [0.05, 0.1) is 7.11 Å². The Morgan fingerprint density at radius 2 is 1.89 bits per heavy atom. The van der Waals surface area contributed by atoms with Gasteiger partial charge < -0.3 is 25.6 Å². The van der Waals surface area contributed by atoms with Crippen LogP contribution < -0.4 is 20.7 Å². The van der Waals surface area contributed by atoms with Crippen LogP contribution in [-0.4, -0.2) is 62.1 Å². The Morgan fingerprint density at radius 1 is 1.21 bits per heavy atom. The molecule has 0 bridgehead atoms. The Bertz CT molecular complexity index is 622. The minimum atomic E-state index is -0.0948. The fourth-order valence-corrected chi connectivity index (χ4v) is 3.22. The van der Waals surface area contributed by atoms with Gasteiger partial charge in [0.15, 0.2) is 5.96 Å². The summed E-state index contributed by atoms with van der Waals surface area (Å²) in [5, 5.41) is 9.62. The second kappa shape index (κ2) is 11.5. The molecule has 7 nitrogen and oxygen atoms in total. The van der Waals surface area contributed by atoms with Crippen molar-refractivity contribution in [3.8, 4) is 5.75 Å². The van der Waals surface area contributed by atoms with Crippen LogP contribution in [0.15, 0.2) is 29.3 Å². The summed E-state index contributed by atoms with van der Waals surface area (Å²) >= 11 is 0. The monoisotopic (exact) mass is 389 g/mol. The first-order valence-electron chi connectivity index (χ1n) is 10.2. The largest absolute Gasteiger partial charge is 0.497 e. The van der Waals surface area contributed by atoms with Crippen LogP contribution in [-0.2, 0) is 11.3 Å². The molecule has 1 aromatic rings. The van der Waals surface area contributed by atoms with Gasteiger partial charge in [-0.2, -0.15) is 0 Å². The number of ether oxygens (including phenoxy) is 1. The van der Waals surface area contributed by atoms with Crippen LogP contribution in [0.4, 0.5) is 0 Å². The van der Waals surface area contributed by atoms with Gasteiger partial charge in [0.1, 0.15) is 12.3 Å². The van der Waals surface area contributed by atoms with Gasteiger partial charge in [-0.3, -0.25) is 4.79 Å². The van der Waals surface area contributed by atoms with E-state index in [0.29, 0.717) is 24.6 Å². The number of hydrogen-bond acceptors (Lipinski definition) is 4.